The molecule has 0 spiro atoms. The van der Waals surface area contributed by atoms with Gasteiger partial charge >= 0.3 is 0 Å². The Morgan fingerprint density at radius 3 is 2.76 bits per heavy atom. The molecule has 2 rings (SSSR count). The number of oxime groups is 1. The Balaban J connectivity index is 0.00000420. The summed E-state index contributed by atoms with van der Waals surface area (Å²) in [6, 6.07) is 5.65. The van der Waals surface area contributed by atoms with Gasteiger partial charge in [-0.25, -0.2) is 4.98 Å². The molecule has 0 aliphatic rings. The zero-order chi connectivity index (χ0) is 20.4. The van der Waals surface area contributed by atoms with Gasteiger partial charge in [0.05, 0.1) is 6.54 Å². The maximum absolute atomic E-state index is 12.6. The normalized spacial score (nSPS) is 9.83. The molecule has 1 amide bonds. The van der Waals surface area contributed by atoms with Crippen LogP contribution in [-0.2, 0) is 22.6 Å². The number of hydrogen-bond acceptors (Lipinski definition) is 7. The van der Waals surface area contributed by atoms with Crippen LogP contribution in [0.15, 0.2) is 40.5 Å². The highest BCUT2D eigenvalue weighted by Crippen LogP contribution is 2.00. The molecule has 2 aromatic heterocycles. The highest BCUT2D eigenvalue weighted by atomic mass is 16.6. The molecule has 0 atom stereocenters. The van der Waals surface area contributed by atoms with Crippen LogP contribution in [-0.4, -0.2) is 46.1 Å². The Bertz CT molecular complexity index is 863. The molecule has 0 aliphatic carbocycles. The van der Waals surface area contributed by atoms with Crippen molar-refractivity contribution in [1.82, 2.24) is 19.9 Å². The lowest BCUT2D eigenvalue weighted by Crippen LogP contribution is -2.36. The third-order valence-electron chi connectivity index (χ3n) is 3.64. The van der Waals surface area contributed by atoms with Crippen molar-refractivity contribution in [2.45, 2.75) is 27.3 Å². The molecule has 11 nitrogen and oxygen atoms in total. The molecule has 158 valence electrons. The average molecular weight is 404 g/mol. The Labute approximate surface area is 169 Å². The first kappa shape index (κ1) is 23.4. The number of nitrogens with zero attached hydrogens (tertiary/aromatic N) is 4. The van der Waals surface area contributed by atoms with Gasteiger partial charge in [-0.3, -0.25) is 19.1 Å². The van der Waals surface area contributed by atoms with Gasteiger partial charge in [0.1, 0.15) is 13.2 Å². The summed E-state index contributed by atoms with van der Waals surface area (Å²) < 4.78 is 1.35. The number of rotatable bonds is 10. The maximum Gasteiger partial charge on any atom is 0.293 e. The van der Waals surface area contributed by atoms with E-state index in [1.54, 1.807) is 19.3 Å². The molecule has 0 aromatic carbocycles. The number of anilines is 1. The van der Waals surface area contributed by atoms with Crippen molar-refractivity contribution in [2.24, 2.45) is 16.6 Å². The maximum atomic E-state index is 12.6. The Morgan fingerprint density at radius 2 is 2.07 bits per heavy atom. The summed E-state index contributed by atoms with van der Waals surface area (Å²) >= 11 is 0. The molecule has 0 bridgehead atoms. The summed E-state index contributed by atoms with van der Waals surface area (Å²) in [5, 5.41) is 8.96. The second-order valence-corrected chi connectivity index (χ2v) is 5.84. The zero-order valence-corrected chi connectivity index (χ0v) is 15.6. The van der Waals surface area contributed by atoms with Gasteiger partial charge in [-0.05, 0) is 24.2 Å². The molecule has 11 heteroatoms. The van der Waals surface area contributed by atoms with Gasteiger partial charge in [-0.2, -0.15) is 0 Å². The van der Waals surface area contributed by atoms with Crippen LogP contribution in [0.25, 0.3) is 0 Å². The molecule has 6 N–H and O–H groups in total. The number of nitrogens with two attached hydrogens (primary N) is 2. The number of carbonyl (C=O) groups is 1. The number of nitrogens with one attached hydrogen (secondary N) is 2. The standard InChI is InChI=1S/C17H24N8O3.CH4/c1-12-10-23-15(22-7-5-13-4-2-3-6-20-13)16(27)25(12)11-14(26)21-8-9-28-24-17(18)19;/h2-4,6,10H,5,7-9,11H2,1H3,(H,21,26)(H,22,23)(H4,18,19,24);1H4. The van der Waals surface area contributed by atoms with Gasteiger partial charge in [-0.1, -0.05) is 13.5 Å². The summed E-state index contributed by atoms with van der Waals surface area (Å²) in [7, 11) is 0. The fourth-order valence-electron chi connectivity index (χ4n) is 2.30. The van der Waals surface area contributed by atoms with Gasteiger partial charge in [0.2, 0.25) is 11.9 Å². The molecule has 0 aliphatic heterocycles. The SMILES string of the molecule is C.Cc1cnc(NCCc2ccccn2)c(=O)n1CC(=O)NCCON=C(N)N. The van der Waals surface area contributed by atoms with Crippen molar-refractivity contribution in [3.63, 3.8) is 0 Å². The first-order valence-corrected chi connectivity index (χ1v) is 8.65. The number of pyridine rings is 1. The first-order valence-electron chi connectivity index (χ1n) is 8.65. The lowest BCUT2D eigenvalue weighted by molar-refractivity contribution is -0.122. The minimum absolute atomic E-state index is 0. The average Bonchev–Trinajstić information content (AvgIpc) is 2.67. The van der Waals surface area contributed by atoms with Crippen LogP contribution in [0, 0.1) is 6.92 Å². The third kappa shape index (κ3) is 7.87. The third-order valence-corrected chi connectivity index (χ3v) is 3.64. The van der Waals surface area contributed by atoms with E-state index >= 15 is 0 Å². The molecule has 2 heterocycles. The van der Waals surface area contributed by atoms with Crippen molar-refractivity contribution in [1.29, 1.82) is 0 Å². The van der Waals surface area contributed by atoms with E-state index in [2.05, 4.69) is 25.8 Å². The van der Waals surface area contributed by atoms with E-state index in [1.165, 1.54) is 4.57 Å². The van der Waals surface area contributed by atoms with Crippen molar-refractivity contribution in [3.8, 4) is 0 Å². The van der Waals surface area contributed by atoms with Gasteiger partial charge < -0.3 is 26.9 Å². The number of guanidine groups is 1. The number of carbonyl (C=O) groups excluding carboxylic acids is 1. The van der Waals surface area contributed by atoms with E-state index in [0.29, 0.717) is 18.7 Å². The summed E-state index contributed by atoms with van der Waals surface area (Å²) in [6.45, 7) is 2.38. The topological polar surface area (TPSA) is 163 Å². The van der Waals surface area contributed by atoms with Crippen LogP contribution in [0.2, 0.25) is 0 Å². The number of hydrogen-bond donors (Lipinski definition) is 4. The molecule has 2 aromatic rings. The molecule has 0 saturated heterocycles. The quantitative estimate of drug-likeness (QED) is 0.179. The minimum Gasteiger partial charge on any atom is -0.391 e. The minimum atomic E-state index is -0.368. The van der Waals surface area contributed by atoms with Gasteiger partial charge in [0.15, 0.2) is 5.82 Å². The second-order valence-electron chi connectivity index (χ2n) is 5.84. The number of aromatic nitrogens is 3. The van der Waals surface area contributed by atoms with Crippen molar-refractivity contribution >= 4 is 17.7 Å². The van der Waals surface area contributed by atoms with Crippen LogP contribution in [0.5, 0.6) is 0 Å². The zero-order valence-electron chi connectivity index (χ0n) is 15.6. The van der Waals surface area contributed by atoms with E-state index < -0.39 is 0 Å². The summed E-state index contributed by atoms with van der Waals surface area (Å²) in [5.74, 6) is -0.358. The number of amides is 1. The number of aryl methyl sites for hydroxylation is 1. The van der Waals surface area contributed by atoms with Gasteiger partial charge in [0.25, 0.3) is 5.56 Å². The van der Waals surface area contributed by atoms with Gasteiger partial charge in [0, 0.05) is 36.7 Å². The van der Waals surface area contributed by atoms with E-state index in [-0.39, 0.29) is 50.4 Å². The van der Waals surface area contributed by atoms with Crippen molar-refractivity contribution in [3.05, 3.63) is 52.3 Å². The second kappa shape index (κ2) is 12.0. The monoisotopic (exact) mass is 404 g/mol. The van der Waals surface area contributed by atoms with E-state index in [9.17, 15) is 9.59 Å². The summed E-state index contributed by atoms with van der Waals surface area (Å²) in [6.07, 6.45) is 3.90. The molecular formula is C18H28N8O3. The van der Waals surface area contributed by atoms with Crippen molar-refractivity contribution < 1.29 is 9.63 Å². The highest BCUT2D eigenvalue weighted by Gasteiger charge is 2.11. The van der Waals surface area contributed by atoms with Crippen LogP contribution >= 0.6 is 0 Å². The van der Waals surface area contributed by atoms with Crippen LogP contribution in [0.4, 0.5) is 5.82 Å². The fourth-order valence-corrected chi connectivity index (χ4v) is 2.30. The van der Waals surface area contributed by atoms with E-state index in [0.717, 1.165) is 5.69 Å². The lowest BCUT2D eigenvalue weighted by atomic mass is 10.3. The summed E-state index contributed by atoms with van der Waals surface area (Å²) in [4.78, 5) is 37.8. The first-order chi connectivity index (χ1) is 13.5. The van der Waals surface area contributed by atoms with Gasteiger partial charge in [-0.15, -0.1) is 0 Å². The van der Waals surface area contributed by atoms with Crippen LogP contribution in [0.3, 0.4) is 0 Å². The Hall–Kier alpha value is -3.63. The lowest BCUT2D eigenvalue weighted by Gasteiger charge is -2.12. The molecule has 0 saturated carbocycles. The largest absolute Gasteiger partial charge is 0.391 e. The molecule has 0 fully saturated rings. The smallest absolute Gasteiger partial charge is 0.293 e. The van der Waals surface area contributed by atoms with E-state index in [1.807, 2.05) is 18.2 Å². The van der Waals surface area contributed by atoms with Crippen molar-refractivity contribution in [2.75, 3.05) is 25.0 Å². The molecule has 0 radical (unpaired) electrons. The predicted molar refractivity (Wildman–Crippen MR) is 111 cm³/mol. The molecular weight excluding hydrogens is 376 g/mol. The van der Waals surface area contributed by atoms with Crippen LogP contribution < -0.4 is 27.7 Å². The predicted octanol–water partition coefficient (Wildman–Crippen LogP) is -0.441. The Kier molecular flexibility index (Phi) is 9.65. The Morgan fingerprint density at radius 1 is 1.28 bits per heavy atom. The molecule has 29 heavy (non-hydrogen) atoms. The summed E-state index contributed by atoms with van der Waals surface area (Å²) in [5.41, 5.74) is 11.3. The highest BCUT2D eigenvalue weighted by molar-refractivity contribution is 5.76. The van der Waals surface area contributed by atoms with Crippen LogP contribution in [0.1, 0.15) is 18.8 Å². The molecule has 0 unspecified atom stereocenters. The fraction of sp³-hybridized carbons (Fsp3) is 0.389. The van der Waals surface area contributed by atoms with E-state index in [4.69, 9.17) is 16.3 Å².